The van der Waals surface area contributed by atoms with Gasteiger partial charge in [0.05, 0.1) is 16.8 Å². The van der Waals surface area contributed by atoms with Gasteiger partial charge in [0.2, 0.25) is 0 Å². The Morgan fingerprint density at radius 3 is 2.75 bits per heavy atom. The molecule has 110 valence electrons. The maximum atomic E-state index is 4.64. The molecule has 0 aliphatic heterocycles. The predicted molar refractivity (Wildman–Crippen MR) is 90.4 cm³/mol. The van der Waals surface area contributed by atoms with E-state index in [4.69, 9.17) is 0 Å². The fraction of sp³-hybridized carbons (Fsp3) is 0.588. The average molecular weight is 290 g/mol. The summed E-state index contributed by atoms with van der Waals surface area (Å²) < 4.78 is 0. The number of nitrogens with zero attached hydrogens (tertiary/aromatic N) is 1. The van der Waals surface area contributed by atoms with Crippen molar-refractivity contribution in [2.24, 2.45) is 0 Å². The molecule has 0 saturated carbocycles. The number of aryl methyl sites for hydroxylation is 1. The molecule has 0 aliphatic carbocycles. The molecule has 0 aliphatic rings. The normalized spacial score (nSPS) is 11.3. The van der Waals surface area contributed by atoms with Crippen molar-refractivity contribution in [1.29, 1.82) is 0 Å². The number of imidazole rings is 1. The Bertz CT molecular complexity index is 519. The van der Waals surface area contributed by atoms with Crippen LogP contribution in [0.5, 0.6) is 0 Å². The minimum absolute atomic E-state index is 1.00. The molecule has 0 amide bonds. The maximum Gasteiger partial charge on any atom is 0.117 e. The topological polar surface area (TPSA) is 28.7 Å². The first-order valence-electron chi connectivity index (χ1n) is 7.82. The third-order valence-corrected chi connectivity index (χ3v) is 4.62. The molecule has 0 unspecified atom stereocenters. The number of nitrogens with one attached hydrogen (secondary N) is 1. The summed E-state index contributed by atoms with van der Waals surface area (Å²) in [4.78, 5) is 8.06. The second-order valence-electron chi connectivity index (χ2n) is 5.52. The Morgan fingerprint density at radius 1 is 1.10 bits per heavy atom. The minimum atomic E-state index is 1.00. The molecule has 0 atom stereocenters. The SMILES string of the molecule is CCCCCCCCSCc1nc2ccc(C)cc2[nH]1. The van der Waals surface area contributed by atoms with Gasteiger partial charge in [-0.25, -0.2) is 4.98 Å². The molecule has 0 spiro atoms. The first kappa shape index (κ1) is 15.4. The highest BCUT2D eigenvalue weighted by Gasteiger charge is 2.02. The van der Waals surface area contributed by atoms with Crippen molar-refractivity contribution in [3.8, 4) is 0 Å². The molecule has 1 aromatic carbocycles. The van der Waals surface area contributed by atoms with Crippen LogP contribution in [0, 0.1) is 6.92 Å². The Hall–Kier alpha value is -0.960. The van der Waals surface area contributed by atoms with Gasteiger partial charge in [-0.15, -0.1) is 0 Å². The number of aromatic amines is 1. The molecule has 2 rings (SSSR count). The standard InChI is InChI=1S/C17H26N2S/c1-3-4-5-6-7-8-11-20-13-17-18-15-10-9-14(2)12-16(15)19-17/h9-10,12H,3-8,11,13H2,1-2H3,(H,18,19). The third-order valence-electron chi connectivity index (χ3n) is 3.57. The van der Waals surface area contributed by atoms with Gasteiger partial charge in [0.1, 0.15) is 5.82 Å². The Balaban J connectivity index is 1.65. The van der Waals surface area contributed by atoms with Gasteiger partial charge in [-0.1, -0.05) is 45.1 Å². The van der Waals surface area contributed by atoms with Gasteiger partial charge >= 0.3 is 0 Å². The van der Waals surface area contributed by atoms with Crippen molar-refractivity contribution in [2.75, 3.05) is 5.75 Å². The van der Waals surface area contributed by atoms with Crippen molar-refractivity contribution in [3.05, 3.63) is 29.6 Å². The second kappa shape index (κ2) is 8.35. The van der Waals surface area contributed by atoms with E-state index in [1.807, 2.05) is 11.8 Å². The van der Waals surface area contributed by atoms with Crippen LogP contribution < -0.4 is 0 Å². The molecule has 1 aromatic heterocycles. The van der Waals surface area contributed by atoms with Gasteiger partial charge < -0.3 is 4.98 Å². The molecule has 20 heavy (non-hydrogen) atoms. The summed E-state index contributed by atoms with van der Waals surface area (Å²) >= 11 is 2.00. The zero-order valence-electron chi connectivity index (χ0n) is 12.7. The lowest BCUT2D eigenvalue weighted by molar-refractivity contribution is 0.627. The summed E-state index contributed by atoms with van der Waals surface area (Å²) in [6, 6.07) is 6.39. The minimum Gasteiger partial charge on any atom is -0.341 e. The molecule has 0 bridgehead atoms. The van der Waals surface area contributed by atoms with Gasteiger partial charge in [-0.05, 0) is 36.8 Å². The lowest BCUT2D eigenvalue weighted by atomic mass is 10.1. The first-order valence-corrected chi connectivity index (χ1v) is 8.98. The monoisotopic (exact) mass is 290 g/mol. The molecule has 1 N–H and O–H groups in total. The highest BCUT2D eigenvalue weighted by molar-refractivity contribution is 7.98. The van der Waals surface area contributed by atoms with Crippen LogP contribution in [0.4, 0.5) is 0 Å². The molecular formula is C17H26N2S. The van der Waals surface area contributed by atoms with Crippen molar-refractivity contribution >= 4 is 22.8 Å². The van der Waals surface area contributed by atoms with Gasteiger partial charge in [0.15, 0.2) is 0 Å². The fourth-order valence-electron chi connectivity index (χ4n) is 2.40. The quantitative estimate of drug-likeness (QED) is 0.621. The number of thioether (sulfide) groups is 1. The molecule has 2 aromatic rings. The Morgan fingerprint density at radius 2 is 1.90 bits per heavy atom. The van der Waals surface area contributed by atoms with E-state index in [0.29, 0.717) is 0 Å². The van der Waals surface area contributed by atoms with Gasteiger partial charge in [-0.2, -0.15) is 11.8 Å². The van der Waals surface area contributed by atoms with Crippen LogP contribution in [0.15, 0.2) is 18.2 Å². The van der Waals surface area contributed by atoms with Crippen LogP contribution in [0.25, 0.3) is 11.0 Å². The number of rotatable bonds is 9. The van der Waals surface area contributed by atoms with E-state index in [-0.39, 0.29) is 0 Å². The molecule has 0 radical (unpaired) electrons. The molecule has 0 fully saturated rings. The lowest BCUT2D eigenvalue weighted by Gasteiger charge is -2.00. The first-order chi connectivity index (χ1) is 9.79. The van der Waals surface area contributed by atoms with Crippen LogP contribution in [-0.4, -0.2) is 15.7 Å². The number of hydrogen-bond acceptors (Lipinski definition) is 2. The number of H-pyrrole nitrogens is 1. The highest BCUT2D eigenvalue weighted by atomic mass is 32.2. The van der Waals surface area contributed by atoms with E-state index in [2.05, 4.69) is 42.0 Å². The molecular weight excluding hydrogens is 264 g/mol. The summed E-state index contributed by atoms with van der Waals surface area (Å²) in [5.41, 5.74) is 3.54. The number of benzene rings is 1. The van der Waals surface area contributed by atoms with Crippen molar-refractivity contribution in [2.45, 2.75) is 58.1 Å². The maximum absolute atomic E-state index is 4.64. The van der Waals surface area contributed by atoms with E-state index in [1.54, 1.807) is 0 Å². The summed E-state index contributed by atoms with van der Waals surface area (Å²) in [5.74, 6) is 3.37. The van der Waals surface area contributed by atoms with Crippen molar-refractivity contribution in [1.82, 2.24) is 9.97 Å². The molecule has 1 heterocycles. The van der Waals surface area contributed by atoms with E-state index < -0.39 is 0 Å². The number of fused-ring (bicyclic) bond motifs is 1. The van der Waals surface area contributed by atoms with Gasteiger partial charge in [0.25, 0.3) is 0 Å². The zero-order valence-corrected chi connectivity index (χ0v) is 13.6. The largest absolute Gasteiger partial charge is 0.341 e. The Labute approximate surface area is 126 Å². The molecule has 3 heteroatoms. The second-order valence-corrected chi connectivity index (χ2v) is 6.63. The van der Waals surface area contributed by atoms with E-state index >= 15 is 0 Å². The summed E-state index contributed by atoms with van der Waals surface area (Å²) in [6.07, 6.45) is 8.26. The third kappa shape index (κ3) is 4.86. The number of unbranched alkanes of at least 4 members (excludes halogenated alkanes) is 5. The van der Waals surface area contributed by atoms with Crippen LogP contribution in [-0.2, 0) is 5.75 Å². The zero-order chi connectivity index (χ0) is 14.2. The van der Waals surface area contributed by atoms with Crippen molar-refractivity contribution in [3.63, 3.8) is 0 Å². The molecule has 2 nitrogen and oxygen atoms in total. The number of hydrogen-bond donors (Lipinski definition) is 1. The van der Waals surface area contributed by atoms with Crippen LogP contribution in [0.2, 0.25) is 0 Å². The fourth-order valence-corrected chi connectivity index (χ4v) is 3.28. The summed E-state index contributed by atoms with van der Waals surface area (Å²) in [5, 5.41) is 0. The van der Waals surface area contributed by atoms with E-state index in [1.165, 1.54) is 55.4 Å². The average Bonchev–Trinajstić information content (AvgIpc) is 2.83. The summed E-state index contributed by atoms with van der Waals surface area (Å²) in [7, 11) is 0. The van der Waals surface area contributed by atoms with Crippen molar-refractivity contribution < 1.29 is 0 Å². The van der Waals surface area contributed by atoms with Crippen LogP contribution in [0.1, 0.15) is 56.8 Å². The lowest BCUT2D eigenvalue weighted by Crippen LogP contribution is -1.87. The summed E-state index contributed by atoms with van der Waals surface area (Å²) in [6.45, 7) is 4.39. The highest BCUT2D eigenvalue weighted by Crippen LogP contribution is 2.18. The van der Waals surface area contributed by atoms with E-state index in [9.17, 15) is 0 Å². The molecule has 0 saturated heterocycles. The van der Waals surface area contributed by atoms with Gasteiger partial charge in [0, 0.05) is 0 Å². The van der Waals surface area contributed by atoms with Crippen LogP contribution >= 0.6 is 11.8 Å². The predicted octanol–water partition coefficient (Wildman–Crippen LogP) is 5.47. The van der Waals surface area contributed by atoms with Gasteiger partial charge in [-0.3, -0.25) is 0 Å². The number of aromatic nitrogens is 2. The van der Waals surface area contributed by atoms with Crippen LogP contribution in [0.3, 0.4) is 0 Å². The van der Waals surface area contributed by atoms with E-state index in [0.717, 1.165) is 17.1 Å². The Kier molecular flexibility index (Phi) is 6.44. The smallest absolute Gasteiger partial charge is 0.117 e.